The molecule has 0 amide bonds. The number of nitrogens with zero attached hydrogens (tertiary/aromatic N) is 3. The fourth-order valence-electron chi connectivity index (χ4n) is 1.05. The van der Waals surface area contributed by atoms with Crippen LogP contribution in [0.1, 0.15) is 10.5 Å². The molecule has 5 nitrogen and oxygen atoms in total. The molecule has 0 aliphatic carbocycles. The molecule has 0 aromatic carbocycles. The molecular formula is C7H4ClN3O2. The second kappa shape index (κ2) is 2.70. The summed E-state index contributed by atoms with van der Waals surface area (Å²) in [4.78, 5) is 18.3. The van der Waals surface area contributed by atoms with Gasteiger partial charge in [-0.2, -0.15) is 4.98 Å². The van der Waals surface area contributed by atoms with Crippen LogP contribution < -0.4 is 0 Å². The predicted octanol–water partition coefficient (Wildman–Crippen LogP) is 1.08. The highest BCUT2D eigenvalue weighted by Crippen LogP contribution is 2.15. The van der Waals surface area contributed by atoms with E-state index in [1.807, 2.05) is 0 Å². The first-order valence-corrected chi connectivity index (χ1v) is 3.80. The Kier molecular flexibility index (Phi) is 1.66. The Labute approximate surface area is 77.6 Å². The Hall–Kier alpha value is -1.62. The molecular weight excluding hydrogens is 194 g/mol. The minimum atomic E-state index is -1.12. The lowest BCUT2D eigenvalue weighted by Gasteiger charge is -1.93. The molecule has 0 saturated carbocycles. The lowest BCUT2D eigenvalue weighted by atomic mass is 10.5. The topological polar surface area (TPSA) is 67.5 Å². The molecule has 2 aromatic heterocycles. The predicted molar refractivity (Wildman–Crippen MR) is 45.0 cm³/mol. The van der Waals surface area contributed by atoms with Gasteiger partial charge in [-0.3, -0.25) is 4.40 Å². The zero-order valence-corrected chi connectivity index (χ0v) is 7.06. The Morgan fingerprint density at radius 3 is 3.08 bits per heavy atom. The molecule has 2 heterocycles. The number of hydrogen-bond donors (Lipinski definition) is 1. The Morgan fingerprint density at radius 1 is 1.62 bits per heavy atom. The van der Waals surface area contributed by atoms with Gasteiger partial charge < -0.3 is 5.11 Å². The number of aromatic carboxylic acids is 1. The largest absolute Gasteiger partial charge is 0.476 e. The van der Waals surface area contributed by atoms with Crippen molar-refractivity contribution in [3.63, 3.8) is 0 Å². The Bertz CT molecular complexity index is 480. The van der Waals surface area contributed by atoms with Gasteiger partial charge in [-0.25, -0.2) is 9.78 Å². The second-order valence-corrected chi connectivity index (χ2v) is 2.70. The van der Waals surface area contributed by atoms with E-state index in [0.717, 1.165) is 0 Å². The third-order valence-electron chi connectivity index (χ3n) is 1.56. The lowest BCUT2D eigenvalue weighted by Crippen LogP contribution is -2.02. The average Bonchev–Trinajstić information content (AvgIpc) is 2.39. The van der Waals surface area contributed by atoms with E-state index in [4.69, 9.17) is 16.7 Å². The molecule has 0 bridgehead atoms. The van der Waals surface area contributed by atoms with Gasteiger partial charge in [-0.1, -0.05) is 11.6 Å². The molecule has 0 atom stereocenters. The van der Waals surface area contributed by atoms with E-state index in [1.165, 1.54) is 10.6 Å². The second-order valence-electron chi connectivity index (χ2n) is 2.35. The molecule has 0 saturated heterocycles. The van der Waals surface area contributed by atoms with Gasteiger partial charge in [-0.05, 0) is 6.07 Å². The van der Waals surface area contributed by atoms with Gasteiger partial charge >= 0.3 is 5.97 Å². The van der Waals surface area contributed by atoms with Crippen LogP contribution in [-0.2, 0) is 0 Å². The fourth-order valence-corrected chi connectivity index (χ4v) is 1.30. The van der Waals surface area contributed by atoms with Gasteiger partial charge in [0.2, 0.25) is 5.78 Å². The summed E-state index contributed by atoms with van der Waals surface area (Å²) >= 11 is 5.61. The number of rotatable bonds is 1. The van der Waals surface area contributed by atoms with Crippen LogP contribution in [0.4, 0.5) is 0 Å². The van der Waals surface area contributed by atoms with Crippen molar-refractivity contribution in [2.75, 3.05) is 0 Å². The van der Waals surface area contributed by atoms with Crippen molar-refractivity contribution in [1.82, 2.24) is 14.4 Å². The first kappa shape index (κ1) is 8.00. The van der Waals surface area contributed by atoms with Crippen molar-refractivity contribution in [2.24, 2.45) is 0 Å². The monoisotopic (exact) mass is 197 g/mol. The SMILES string of the molecule is O=C(O)c1c(Cl)nc2ncccn12. The van der Waals surface area contributed by atoms with Crippen LogP contribution in [0.5, 0.6) is 0 Å². The van der Waals surface area contributed by atoms with Gasteiger partial charge in [0.05, 0.1) is 0 Å². The number of carboxylic acids is 1. The third-order valence-corrected chi connectivity index (χ3v) is 1.83. The van der Waals surface area contributed by atoms with Crippen LogP contribution in [0.25, 0.3) is 5.78 Å². The van der Waals surface area contributed by atoms with Crippen LogP contribution >= 0.6 is 11.6 Å². The first-order chi connectivity index (χ1) is 6.20. The molecule has 66 valence electrons. The van der Waals surface area contributed by atoms with Crippen LogP contribution in [0.15, 0.2) is 18.5 Å². The van der Waals surface area contributed by atoms with Crippen molar-refractivity contribution in [2.45, 2.75) is 0 Å². The highest BCUT2D eigenvalue weighted by Gasteiger charge is 2.16. The number of halogens is 1. The smallest absolute Gasteiger partial charge is 0.356 e. The highest BCUT2D eigenvalue weighted by molar-refractivity contribution is 6.32. The molecule has 0 aliphatic rings. The Morgan fingerprint density at radius 2 is 2.38 bits per heavy atom. The maximum absolute atomic E-state index is 10.7. The number of carboxylic acid groups (broad SMARTS) is 1. The average molecular weight is 198 g/mol. The van der Waals surface area contributed by atoms with E-state index in [0.29, 0.717) is 0 Å². The van der Waals surface area contributed by atoms with Gasteiger partial charge in [0, 0.05) is 12.4 Å². The minimum Gasteiger partial charge on any atom is -0.476 e. The summed E-state index contributed by atoms with van der Waals surface area (Å²) in [6, 6.07) is 1.61. The molecule has 6 heteroatoms. The maximum atomic E-state index is 10.7. The summed E-state index contributed by atoms with van der Waals surface area (Å²) < 4.78 is 1.32. The zero-order valence-electron chi connectivity index (χ0n) is 6.31. The van der Waals surface area contributed by atoms with Crippen LogP contribution in [0, 0.1) is 0 Å². The summed E-state index contributed by atoms with van der Waals surface area (Å²) in [5, 5.41) is 8.73. The van der Waals surface area contributed by atoms with E-state index in [9.17, 15) is 4.79 Å². The molecule has 0 unspecified atom stereocenters. The molecule has 2 aromatic rings. The molecule has 1 N–H and O–H groups in total. The van der Waals surface area contributed by atoms with Crippen molar-refractivity contribution in [1.29, 1.82) is 0 Å². The summed E-state index contributed by atoms with van der Waals surface area (Å²) in [6.45, 7) is 0. The molecule has 0 radical (unpaired) electrons. The van der Waals surface area contributed by atoms with E-state index < -0.39 is 5.97 Å². The molecule has 13 heavy (non-hydrogen) atoms. The minimum absolute atomic E-state index is 0.0498. The number of imidazole rings is 1. The van der Waals surface area contributed by atoms with Gasteiger partial charge in [0.25, 0.3) is 0 Å². The number of carbonyl (C=O) groups is 1. The third kappa shape index (κ3) is 1.13. The van der Waals surface area contributed by atoms with E-state index >= 15 is 0 Å². The van der Waals surface area contributed by atoms with Crippen molar-refractivity contribution in [3.05, 3.63) is 29.3 Å². The molecule has 0 aliphatic heterocycles. The quantitative estimate of drug-likeness (QED) is 0.743. The van der Waals surface area contributed by atoms with E-state index in [2.05, 4.69) is 9.97 Å². The molecule has 0 spiro atoms. The van der Waals surface area contributed by atoms with Gasteiger partial charge in [0.15, 0.2) is 10.8 Å². The summed E-state index contributed by atoms with van der Waals surface area (Å²) in [7, 11) is 0. The molecule has 2 rings (SSSR count). The van der Waals surface area contributed by atoms with E-state index in [1.54, 1.807) is 12.3 Å². The number of fused-ring (bicyclic) bond motifs is 1. The lowest BCUT2D eigenvalue weighted by molar-refractivity contribution is 0.0689. The van der Waals surface area contributed by atoms with Gasteiger partial charge in [0.1, 0.15) is 0 Å². The van der Waals surface area contributed by atoms with Gasteiger partial charge in [-0.15, -0.1) is 0 Å². The van der Waals surface area contributed by atoms with Crippen molar-refractivity contribution < 1.29 is 9.90 Å². The maximum Gasteiger partial charge on any atom is 0.356 e. The summed E-state index contributed by atoms with van der Waals surface area (Å²) in [6.07, 6.45) is 3.06. The fraction of sp³-hybridized carbons (Fsp3) is 0. The van der Waals surface area contributed by atoms with E-state index in [-0.39, 0.29) is 16.6 Å². The van der Waals surface area contributed by atoms with Crippen molar-refractivity contribution in [3.8, 4) is 0 Å². The van der Waals surface area contributed by atoms with Crippen LogP contribution in [0.3, 0.4) is 0 Å². The zero-order chi connectivity index (χ0) is 9.42. The highest BCUT2D eigenvalue weighted by atomic mass is 35.5. The summed E-state index contributed by atoms with van der Waals surface area (Å²) in [5.41, 5.74) is -0.0650. The van der Waals surface area contributed by atoms with Crippen LogP contribution in [-0.4, -0.2) is 25.4 Å². The summed E-state index contributed by atoms with van der Waals surface area (Å²) in [5.74, 6) is -0.838. The standard InChI is InChI=1S/C7H4ClN3O2/c8-5-4(6(12)13)11-3-1-2-9-7(11)10-5/h1-3H,(H,12,13). The first-order valence-electron chi connectivity index (χ1n) is 3.42. The normalized spacial score (nSPS) is 10.5. The molecule has 0 fully saturated rings. The number of aromatic nitrogens is 3. The van der Waals surface area contributed by atoms with Crippen molar-refractivity contribution >= 4 is 23.3 Å². The van der Waals surface area contributed by atoms with Crippen LogP contribution in [0.2, 0.25) is 5.15 Å². The Balaban J connectivity index is 2.86. The number of hydrogen-bond acceptors (Lipinski definition) is 3.